The maximum Gasteiger partial charge on any atom is 0.191 e. The summed E-state index contributed by atoms with van der Waals surface area (Å²) in [5, 5.41) is 17.7. The number of piperidine rings is 1. The van der Waals surface area contributed by atoms with Crippen LogP contribution in [0.5, 0.6) is 0 Å². The van der Waals surface area contributed by atoms with Gasteiger partial charge in [-0.3, -0.25) is 9.89 Å². The van der Waals surface area contributed by atoms with Crippen LogP contribution in [-0.2, 0) is 4.74 Å². The second kappa shape index (κ2) is 15.3. The number of aliphatic hydroxyl groups excluding tert-OH is 1. The van der Waals surface area contributed by atoms with Crippen molar-refractivity contribution in [2.75, 3.05) is 46.4 Å². The third-order valence-corrected chi connectivity index (χ3v) is 5.53. The lowest BCUT2D eigenvalue weighted by atomic mass is 9.85. The monoisotopic (exact) mass is 566 g/mol. The van der Waals surface area contributed by atoms with E-state index in [1.807, 2.05) is 19.1 Å². The van der Waals surface area contributed by atoms with Crippen LogP contribution in [0.25, 0.3) is 0 Å². The Kier molecular flexibility index (Phi) is 14.0. The highest BCUT2D eigenvalue weighted by Crippen LogP contribution is 2.35. The molecular formula is C23H40ClIN4O2. The second-order valence-corrected chi connectivity index (χ2v) is 9.00. The fourth-order valence-corrected chi connectivity index (χ4v) is 4.15. The third kappa shape index (κ3) is 10.2. The number of likely N-dealkylation sites (tertiary alicyclic amines) is 1. The van der Waals surface area contributed by atoms with Gasteiger partial charge in [-0.15, -0.1) is 24.0 Å². The first kappa shape index (κ1) is 28.4. The van der Waals surface area contributed by atoms with Gasteiger partial charge in [-0.25, -0.2) is 0 Å². The molecule has 1 aliphatic rings. The Morgan fingerprint density at radius 3 is 2.77 bits per heavy atom. The first-order valence-electron chi connectivity index (χ1n) is 11.1. The van der Waals surface area contributed by atoms with Gasteiger partial charge in [-0.2, -0.15) is 0 Å². The first-order valence-corrected chi connectivity index (χ1v) is 11.5. The molecule has 1 fully saturated rings. The number of halogens is 2. The normalized spacial score (nSPS) is 20.9. The molecule has 0 amide bonds. The van der Waals surface area contributed by atoms with Gasteiger partial charge in [0.15, 0.2) is 5.96 Å². The summed E-state index contributed by atoms with van der Waals surface area (Å²) >= 11 is 6.26. The molecular weight excluding hydrogens is 527 g/mol. The minimum Gasteiger partial charge on any atom is -0.389 e. The quantitative estimate of drug-likeness (QED) is 0.228. The molecule has 1 aromatic carbocycles. The largest absolute Gasteiger partial charge is 0.389 e. The highest BCUT2D eigenvalue weighted by Gasteiger charge is 2.30. The topological polar surface area (TPSA) is 69.1 Å². The molecule has 0 spiro atoms. The molecule has 0 aliphatic carbocycles. The number of ether oxygens (including phenoxy) is 1. The summed E-state index contributed by atoms with van der Waals surface area (Å²) in [5.41, 5.74) is 1.26. The zero-order valence-electron chi connectivity index (χ0n) is 19.3. The molecule has 0 bridgehead atoms. The average Bonchev–Trinajstić information content (AvgIpc) is 2.69. The SMILES string of the molecule is CCNC(=NCC(O)COCC(C)C)NCC1CCCN(C)C1c1cccc(Cl)c1.I. The first-order chi connectivity index (χ1) is 14.4. The van der Waals surface area contributed by atoms with E-state index in [0.717, 1.165) is 37.0 Å². The summed E-state index contributed by atoms with van der Waals surface area (Å²) < 4.78 is 5.51. The van der Waals surface area contributed by atoms with Crippen molar-refractivity contribution in [1.82, 2.24) is 15.5 Å². The van der Waals surface area contributed by atoms with E-state index in [0.29, 0.717) is 37.6 Å². The Balaban J connectivity index is 0.00000480. The van der Waals surface area contributed by atoms with Gasteiger partial charge in [0.1, 0.15) is 0 Å². The second-order valence-electron chi connectivity index (χ2n) is 8.57. The molecule has 0 aromatic heterocycles. The van der Waals surface area contributed by atoms with Crippen molar-refractivity contribution in [1.29, 1.82) is 0 Å². The van der Waals surface area contributed by atoms with E-state index in [2.05, 4.69) is 53.6 Å². The summed E-state index contributed by atoms with van der Waals surface area (Å²) in [6, 6.07) is 8.51. The van der Waals surface area contributed by atoms with E-state index in [1.54, 1.807) is 0 Å². The van der Waals surface area contributed by atoms with Crippen LogP contribution in [0.3, 0.4) is 0 Å². The molecule has 1 aliphatic heterocycles. The van der Waals surface area contributed by atoms with Gasteiger partial charge in [-0.1, -0.05) is 37.6 Å². The standard InChI is InChI=1S/C23H39ClN4O2.HI/c1-5-25-23(27-14-21(29)16-30-15-17(2)3)26-13-19-9-7-11-28(4)22(19)18-8-6-10-20(24)12-18;/h6,8,10,12,17,19,21-22,29H,5,7,9,11,13-16H2,1-4H3,(H2,25,26,27);1H. The van der Waals surface area contributed by atoms with Gasteiger partial charge in [0, 0.05) is 30.8 Å². The molecule has 2 rings (SSSR count). The van der Waals surface area contributed by atoms with Crippen molar-refractivity contribution in [3.63, 3.8) is 0 Å². The Morgan fingerprint density at radius 1 is 1.32 bits per heavy atom. The highest BCUT2D eigenvalue weighted by atomic mass is 127. The van der Waals surface area contributed by atoms with Crippen LogP contribution >= 0.6 is 35.6 Å². The molecule has 0 saturated carbocycles. The maximum atomic E-state index is 10.1. The number of hydrogen-bond donors (Lipinski definition) is 3. The van der Waals surface area contributed by atoms with Crippen LogP contribution in [0.2, 0.25) is 5.02 Å². The zero-order valence-corrected chi connectivity index (χ0v) is 22.4. The van der Waals surface area contributed by atoms with Crippen molar-refractivity contribution in [2.24, 2.45) is 16.8 Å². The van der Waals surface area contributed by atoms with E-state index >= 15 is 0 Å². The number of nitrogens with one attached hydrogen (secondary N) is 2. The van der Waals surface area contributed by atoms with E-state index in [4.69, 9.17) is 16.3 Å². The Hall–Kier alpha value is -0.610. The lowest BCUT2D eigenvalue weighted by Crippen LogP contribution is -2.45. The van der Waals surface area contributed by atoms with Crippen molar-refractivity contribution in [3.8, 4) is 0 Å². The van der Waals surface area contributed by atoms with E-state index in [-0.39, 0.29) is 24.0 Å². The predicted octanol–water partition coefficient (Wildman–Crippen LogP) is 3.93. The van der Waals surface area contributed by atoms with Gasteiger partial charge in [0.05, 0.1) is 19.3 Å². The molecule has 8 heteroatoms. The molecule has 3 unspecified atom stereocenters. The molecule has 31 heavy (non-hydrogen) atoms. The molecule has 1 aromatic rings. The predicted molar refractivity (Wildman–Crippen MR) is 141 cm³/mol. The summed E-state index contributed by atoms with van der Waals surface area (Å²) in [6.07, 6.45) is 1.73. The molecule has 3 atom stereocenters. The van der Waals surface area contributed by atoms with Crippen LogP contribution in [0, 0.1) is 11.8 Å². The summed E-state index contributed by atoms with van der Waals surface area (Å²) in [5.74, 6) is 1.64. The number of guanidine groups is 1. The third-order valence-electron chi connectivity index (χ3n) is 5.29. The van der Waals surface area contributed by atoms with Crippen LogP contribution in [0.4, 0.5) is 0 Å². The highest BCUT2D eigenvalue weighted by molar-refractivity contribution is 14.0. The minimum atomic E-state index is -0.598. The Morgan fingerprint density at radius 2 is 2.10 bits per heavy atom. The van der Waals surface area contributed by atoms with Crippen LogP contribution in [0.15, 0.2) is 29.3 Å². The van der Waals surface area contributed by atoms with E-state index < -0.39 is 6.10 Å². The molecule has 3 N–H and O–H groups in total. The molecule has 178 valence electrons. The zero-order chi connectivity index (χ0) is 21.9. The fraction of sp³-hybridized carbons (Fsp3) is 0.696. The van der Waals surface area contributed by atoms with Gasteiger partial charge >= 0.3 is 0 Å². The van der Waals surface area contributed by atoms with Crippen molar-refractivity contribution < 1.29 is 9.84 Å². The van der Waals surface area contributed by atoms with Crippen molar-refractivity contribution >= 4 is 41.5 Å². The average molecular weight is 567 g/mol. The van der Waals surface area contributed by atoms with Gasteiger partial charge < -0.3 is 20.5 Å². The number of aliphatic imine (C=N–C) groups is 1. The van der Waals surface area contributed by atoms with E-state index in [9.17, 15) is 5.11 Å². The van der Waals surface area contributed by atoms with Crippen LogP contribution < -0.4 is 10.6 Å². The maximum absolute atomic E-state index is 10.1. The van der Waals surface area contributed by atoms with Gasteiger partial charge in [0.25, 0.3) is 0 Å². The van der Waals surface area contributed by atoms with Crippen molar-refractivity contribution in [3.05, 3.63) is 34.9 Å². The van der Waals surface area contributed by atoms with Crippen LogP contribution in [-0.4, -0.2) is 68.5 Å². The lowest BCUT2D eigenvalue weighted by molar-refractivity contribution is 0.0301. The number of aliphatic hydroxyl groups is 1. The molecule has 6 nitrogen and oxygen atoms in total. The fourth-order valence-electron chi connectivity index (χ4n) is 3.95. The Bertz CT molecular complexity index is 662. The van der Waals surface area contributed by atoms with Crippen LogP contribution in [0.1, 0.15) is 45.2 Å². The number of benzene rings is 1. The van der Waals surface area contributed by atoms with E-state index in [1.165, 1.54) is 12.0 Å². The molecule has 0 radical (unpaired) electrons. The smallest absolute Gasteiger partial charge is 0.191 e. The van der Waals surface area contributed by atoms with Gasteiger partial charge in [0.2, 0.25) is 0 Å². The Labute approximate surface area is 210 Å². The number of nitrogens with zero attached hydrogens (tertiary/aromatic N) is 2. The van der Waals surface area contributed by atoms with Gasteiger partial charge in [-0.05, 0) is 62.9 Å². The summed E-state index contributed by atoms with van der Waals surface area (Å²) in [6.45, 7) is 10.2. The minimum absolute atomic E-state index is 0. The number of rotatable bonds is 10. The number of hydrogen-bond acceptors (Lipinski definition) is 4. The lowest BCUT2D eigenvalue weighted by Gasteiger charge is -2.40. The summed E-state index contributed by atoms with van der Waals surface area (Å²) in [4.78, 5) is 6.97. The summed E-state index contributed by atoms with van der Waals surface area (Å²) in [7, 11) is 2.19. The molecule has 1 saturated heterocycles. The van der Waals surface area contributed by atoms with Crippen molar-refractivity contribution in [2.45, 2.75) is 45.8 Å². The molecule has 1 heterocycles.